The summed E-state index contributed by atoms with van der Waals surface area (Å²) in [5, 5.41) is 2.40. The molecule has 0 N–H and O–H groups in total. The summed E-state index contributed by atoms with van der Waals surface area (Å²) in [6.45, 7) is 7.44. The van der Waals surface area contributed by atoms with Gasteiger partial charge in [0.2, 0.25) is 0 Å². The average Bonchev–Trinajstić information content (AvgIpc) is 2.80. The van der Waals surface area contributed by atoms with E-state index in [1.807, 2.05) is 12.1 Å². The predicted molar refractivity (Wildman–Crippen MR) is 132 cm³/mol. The maximum absolute atomic E-state index is 13.6. The van der Waals surface area contributed by atoms with Gasteiger partial charge in [0.05, 0.1) is 6.61 Å². The van der Waals surface area contributed by atoms with Crippen LogP contribution in [-0.2, 0) is 4.43 Å². The first-order valence-electron chi connectivity index (χ1n) is 11.1. The summed E-state index contributed by atoms with van der Waals surface area (Å²) in [5.74, 6) is 4.96. The summed E-state index contributed by atoms with van der Waals surface area (Å²) in [6, 6.07) is 24.1. The number of halogens is 2. The highest BCUT2D eigenvalue weighted by molar-refractivity contribution is 6.99. The highest BCUT2D eigenvalue weighted by atomic mass is 28.4. The molecule has 0 radical (unpaired) electrons. The van der Waals surface area contributed by atoms with E-state index in [1.54, 1.807) is 0 Å². The molecule has 3 rings (SSSR count). The van der Waals surface area contributed by atoms with Gasteiger partial charge in [-0.3, -0.25) is 0 Å². The van der Waals surface area contributed by atoms with Crippen LogP contribution in [0.5, 0.6) is 5.75 Å². The van der Waals surface area contributed by atoms with Crippen LogP contribution in [0.4, 0.5) is 8.78 Å². The van der Waals surface area contributed by atoms with Crippen molar-refractivity contribution in [1.82, 2.24) is 0 Å². The molecule has 0 aliphatic heterocycles. The minimum Gasteiger partial charge on any atom is -0.489 e. The Morgan fingerprint density at radius 1 is 0.758 bits per heavy atom. The maximum atomic E-state index is 13.6. The van der Waals surface area contributed by atoms with Crippen LogP contribution in [0.2, 0.25) is 5.04 Å². The van der Waals surface area contributed by atoms with Crippen molar-refractivity contribution in [3.8, 4) is 17.6 Å². The standard InChI is InChI=1S/C28H30F2O2Si/c1-28(2,3)33(24-14-8-6-9-15-24,25-16-10-7-11-17-25)32-21-13-5-4-12-20-31-27-22-23(29)18-19-26(27)30/h6-11,14-19,22H,12-13,20-21H2,1-3H3. The molecule has 2 nitrogen and oxygen atoms in total. The van der Waals surface area contributed by atoms with Crippen molar-refractivity contribution < 1.29 is 17.9 Å². The molecule has 33 heavy (non-hydrogen) atoms. The van der Waals surface area contributed by atoms with Crippen LogP contribution < -0.4 is 15.1 Å². The smallest absolute Gasteiger partial charge is 0.261 e. The zero-order valence-electron chi connectivity index (χ0n) is 19.4. The van der Waals surface area contributed by atoms with Crippen LogP contribution >= 0.6 is 0 Å². The molecule has 0 aliphatic carbocycles. The molecule has 0 aliphatic rings. The van der Waals surface area contributed by atoms with Crippen LogP contribution in [0.25, 0.3) is 0 Å². The van der Waals surface area contributed by atoms with Crippen molar-refractivity contribution in [2.45, 2.75) is 38.7 Å². The first-order valence-corrected chi connectivity index (χ1v) is 13.0. The minimum atomic E-state index is -2.55. The van der Waals surface area contributed by atoms with Gasteiger partial charge in [0.1, 0.15) is 5.82 Å². The van der Waals surface area contributed by atoms with E-state index in [-0.39, 0.29) is 17.4 Å². The molecule has 0 atom stereocenters. The van der Waals surface area contributed by atoms with Crippen LogP contribution in [0, 0.1) is 23.5 Å². The lowest BCUT2D eigenvalue weighted by atomic mass is 10.2. The fraction of sp³-hybridized carbons (Fsp3) is 0.286. The van der Waals surface area contributed by atoms with E-state index >= 15 is 0 Å². The third-order valence-corrected chi connectivity index (χ3v) is 10.5. The van der Waals surface area contributed by atoms with E-state index in [4.69, 9.17) is 9.16 Å². The molecule has 0 unspecified atom stereocenters. The molecule has 0 saturated heterocycles. The molecule has 0 fully saturated rings. The van der Waals surface area contributed by atoms with Crippen LogP contribution in [-0.4, -0.2) is 21.5 Å². The van der Waals surface area contributed by atoms with E-state index in [1.165, 1.54) is 10.4 Å². The number of benzene rings is 3. The molecule has 0 aromatic heterocycles. The van der Waals surface area contributed by atoms with Gasteiger partial charge in [0, 0.05) is 25.5 Å². The summed E-state index contributed by atoms with van der Waals surface area (Å²) in [5.41, 5.74) is 0. The molecule has 3 aromatic rings. The molecule has 0 amide bonds. The van der Waals surface area contributed by atoms with E-state index in [9.17, 15) is 8.78 Å². The third kappa shape index (κ3) is 6.10. The third-order valence-electron chi connectivity index (χ3n) is 5.47. The highest BCUT2D eigenvalue weighted by Crippen LogP contribution is 2.36. The summed E-state index contributed by atoms with van der Waals surface area (Å²) >= 11 is 0. The monoisotopic (exact) mass is 464 g/mol. The van der Waals surface area contributed by atoms with Crippen LogP contribution in [0.15, 0.2) is 78.9 Å². The predicted octanol–water partition coefficient (Wildman–Crippen LogP) is 5.70. The number of hydrogen-bond donors (Lipinski definition) is 0. The Labute approximate surface area is 196 Å². The van der Waals surface area contributed by atoms with Crippen molar-refractivity contribution in [3.05, 3.63) is 90.5 Å². The Kier molecular flexibility index (Phi) is 8.43. The van der Waals surface area contributed by atoms with E-state index < -0.39 is 20.0 Å². The van der Waals surface area contributed by atoms with Gasteiger partial charge in [-0.1, -0.05) is 87.4 Å². The second-order valence-corrected chi connectivity index (χ2v) is 13.1. The van der Waals surface area contributed by atoms with Gasteiger partial charge >= 0.3 is 0 Å². The normalized spacial score (nSPS) is 11.5. The second-order valence-electron chi connectivity index (χ2n) is 8.79. The molecule has 5 heteroatoms. The Hall–Kier alpha value is -2.94. The second kappa shape index (κ2) is 11.3. The quantitative estimate of drug-likeness (QED) is 0.242. The first-order chi connectivity index (χ1) is 15.8. The van der Waals surface area contributed by atoms with E-state index in [0.29, 0.717) is 19.4 Å². The molecule has 3 aromatic carbocycles. The van der Waals surface area contributed by atoms with E-state index in [0.717, 1.165) is 18.2 Å². The topological polar surface area (TPSA) is 18.5 Å². The summed E-state index contributed by atoms with van der Waals surface area (Å²) in [7, 11) is -2.55. The van der Waals surface area contributed by atoms with Gasteiger partial charge in [-0.05, 0) is 27.5 Å². The van der Waals surface area contributed by atoms with Crippen LogP contribution in [0.3, 0.4) is 0 Å². The van der Waals surface area contributed by atoms with Gasteiger partial charge in [-0.15, -0.1) is 5.92 Å². The van der Waals surface area contributed by atoms with Gasteiger partial charge in [-0.2, -0.15) is 0 Å². The number of ether oxygens (including phenoxy) is 1. The van der Waals surface area contributed by atoms with E-state index in [2.05, 4.69) is 81.1 Å². The molecular formula is C28H30F2O2Si. The molecule has 0 saturated carbocycles. The fourth-order valence-corrected chi connectivity index (χ4v) is 8.56. The molecule has 0 heterocycles. The summed E-state index contributed by atoms with van der Waals surface area (Å²) in [6.07, 6.45) is 1.01. The number of hydrogen-bond acceptors (Lipinski definition) is 2. The Morgan fingerprint density at radius 3 is 1.85 bits per heavy atom. The first kappa shape index (κ1) is 24.7. The minimum absolute atomic E-state index is 0.0774. The molecular weight excluding hydrogens is 434 g/mol. The van der Waals surface area contributed by atoms with Gasteiger partial charge in [0.25, 0.3) is 8.32 Å². The SMILES string of the molecule is CC(C)(C)[Si](OCCC#CCCOc1cc(F)ccc1F)(c1ccccc1)c1ccccc1. The van der Waals surface area contributed by atoms with Gasteiger partial charge in [-0.25, -0.2) is 8.78 Å². The maximum Gasteiger partial charge on any atom is 0.261 e. The van der Waals surface area contributed by atoms with Gasteiger partial charge < -0.3 is 9.16 Å². The Balaban J connectivity index is 1.65. The highest BCUT2D eigenvalue weighted by Gasteiger charge is 2.49. The summed E-state index contributed by atoms with van der Waals surface area (Å²) in [4.78, 5) is 0. The Morgan fingerprint density at radius 2 is 1.30 bits per heavy atom. The lowest BCUT2D eigenvalue weighted by Gasteiger charge is -2.43. The lowest BCUT2D eigenvalue weighted by molar-refractivity contribution is 0.305. The Bertz CT molecular complexity index is 1040. The van der Waals surface area contributed by atoms with Crippen molar-refractivity contribution in [2.24, 2.45) is 0 Å². The zero-order chi connectivity index (χ0) is 23.7. The van der Waals surface area contributed by atoms with Crippen LogP contribution in [0.1, 0.15) is 33.6 Å². The zero-order valence-corrected chi connectivity index (χ0v) is 20.4. The molecule has 0 bridgehead atoms. The van der Waals surface area contributed by atoms with Crippen molar-refractivity contribution in [3.63, 3.8) is 0 Å². The lowest BCUT2D eigenvalue weighted by Crippen LogP contribution is -2.66. The van der Waals surface area contributed by atoms with Crippen molar-refractivity contribution in [1.29, 1.82) is 0 Å². The molecule has 0 spiro atoms. The molecule has 172 valence electrons. The van der Waals surface area contributed by atoms with Crippen molar-refractivity contribution in [2.75, 3.05) is 13.2 Å². The largest absolute Gasteiger partial charge is 0.489 e. The van der Waals surface area contributed by atoms with Crippen molar-refractivity contribution >= 4 is 18.7 Å². The average molecular weight is 465 g/mol. The number of rotatable bonds is 8. The fourth-order valence-electron chi connectivity index (χ4n) is 3.99. The van der Waals surface area contributed by atoms with Gasteiger partial charge in [0.15, 0.2) is 11.6 Å². The summed E-state index contributed by atoms with van der Waals surface area (Å²) < 4.78 is 38.9.